The number of halogens is 1. The van der Waals surface area contributed by atoms with E-state index in [1.54, 1.807) is 48.5 Å². The van der Waals surface area contributed by atoms with Gasteiger partial charge in [0.2, 0.25) is 15.9 Å². The maximum atomic E-state index is 12.4. The highest BCUT2D eigenvalue weighted by atomic mass is 35.5. The minimum Gasteiger partial charge on any atom is -0.489 e. The van der Waals surface area contributed by atoms with E-state index in [9.17, 15) is 13.2 Å². The van der Waals surface area contributed by atoms with Crippen molar-refractivity contribution >= 4 is 38.9 Å². The summed E-state index contributed by atoms with van der Waals surface area (Å²) in [6, 6.07) is 22.9. The number of amides is 1. The summed E-state index contributed by atoms with van der Waals surface area (Å²) in [5, 5.41) is 3.18. The molecule has 156 valence electrons. The first-order chi connectivity index (χ1) is 14.3. The summed E-state index contributed by atoms with van der Waals surface area (Å²) in [6.45, 7) is 0.0870. The van der Waals surface area contributed by atoms with E-state index >= 15 is 0 Å². The van der Waals surface area contributed by atoms with E-state index in [-0.39, 0.29) is 6.54 Å². The predicted molar refractivity (Wildman–Crippen MR) is 119 cm³/mol. The SMILES string of the molecule is CS(=O)(=O)N(CC(=O)Nc1ccc(OCc2ccccc2)cc1)c1ccc(Cl)cc1. The van der Waals surface area contributed by atoms with Gasteiger partial charge < -0.3 is 10.1 Å². The van der Waals surface area contributed by atoms with Gasteiger partial charge in [0.25, 0.3) is 0 Å². The average molecular weight is 445 g/mol. The lowest BCUT2D eigenvalue weighted by Crippen LogP contribution is -2.37. The molecular formula is C22H21ClN2O4S. The molecule has 3 aromatic rings. The van der Waals surface area contributed by atoms with Crippen LogP contribution in [0.5, 0.6) is 5.75 Å². The lowest BCUT2D eigenvalue weighted by atomic mass is 10.2. The van der Waals surface area contributed by atoms with Gasteiger partial charge in [-0.15, -0.1) is 0 Å². The zero-order valence-electron chi connectivity index (χ0n) is 16.3. The first-order valence-electron chi connectivity index (χ1n) is 9.11. The molecule has 0 spiro atoms. The number of nitrogens with one attached hydrogen (secondary N) is 1. The van der Waals surface area contributed by atoms with Crippen LogP contribution < -0.4 is 14.4 Å². The van der Waals surface area contributed by atoms with Gasteiger partial charge in [-0.3, -0.25) is 9.10 Å². The van der Waals surface area contributed by atoms with E-state index in [4.69, 9.17) is 16.3 Å². The number of anilines is 2. The van der Waals surface area contributed by atoms with Crippen molar-refractivity contribution in [2.24, 2.45) is 0 Å². The highest BCUT2D eigenvalue weighted by molar-refractivity contribution is 7.92. The molecule has 1 N–H and O–H groups in total. The van der Waals surface area contributed by atoms with Crippen molar-refractivity contribution in [3.8, 4) is 5.75 Å². The normalized spacial score (nSPS) is 11.0. The number of ether oxygens (including phenoxy) is 1. The fraction of sp³-hybridized carbons (Fsp3) is 0.136. The third-order valence-corrected chi connectivity index (χ3v) is 5.58. The molecule has 0 aliphatic rings. The molecule has 8 heteroatoms. The largest absolute Gasteiger partial charge is 0.489 e. The van der Waals surface area contributed by atoms with Crippen LogP contribution in [0.15, 0.2) is 78.9 Å². The van der Waals surface area contributed by atoms with E-state index in [1.807, 2.05) is 30.3 Å². The standard InChI is InChI=1S/C22H21ClN2O4S/c1-30(27,28)25(20-11-7-18(23)8-12-20)15-22(26)24-19-9-13-21(14-10-19)29-16-17-5-3-2-4-6-17/h2-14H,15-16H2,1H3,(H,24,26). The van der Waals surface area contributed by atoms with Gasteiger partial charge in [0, 0.05) is 10.7 Å². The van der Waals surface area contributed by atoms with Gasteiger partial charge in [0.05, 0.1) is 11.9 Å². The van der Waals surface area contributed by atoms with Crippen LogP contribution >= 0.6 is 11.6 Å². The summed E-state index contributed by atoms with van der Waals surface area (Å²) >= 11 is 5.86. The van der Waals surface area contributed by atoms with Crippen molar-refractivity contribution in [3.63, 3.8) is 0 Å². The molecule has 0 radical (unpaired) electrons. The maximum absolute atomic E-state index is 12.4. The van der Waals surface area contributed by atoms with Crippen LogP contribution in [0.3, 0.4) is 0 Å². The first-order valence-corrected chi connectivity index (χ1v) is 11.3. The molecule has 0 fully saturated rings. The molecule has 0 atom stereocenters. The molecule has 0 bridgehead atoms. The van der Waals surface area contributed by atoms with E-state index in [0.717, 1.165) is 16.1 Å². The third kappa shape index (κ3) is 6.23. The summed E-state index contributed by atoms with van der Waals surface area (Å²) in [5.74, 6) is 0.198. The summed E-state index contributed by atoms with van der Waals surface area (Å²) in [7, 11) is -3.65. The lowest BCUT2D eigenvalue weighted by Gasteiger charge is -2.22. The van der Waals surface area contributed by atoms with Crippen LogP contribution in [0.4, 0.5) is 11.4 Å². The molecular weight excluding hydrogens is 424 g/mol. The minimum atomic E-state index is -3.65. The quantitative estimate of drug-likeness (QED) is 0.561. The molecule has 0 aromatic heterocycles. The number of hydrogen-bond donors (Lipinski definition) is 1. The fourth-order valence-electron chi connectivity index (χ4n) is 2.71. The van der Waals surface area contributed by atoms with E-state index in [2.05, 4.69) is 5.32 Å². The van der Waals surface area contributed by atoms with Gasteiger partial charge in [-0.25, -0.2) is 8.42 Å². The molecule has 3 rings (SSSR count). The predicted octanol–water partition coefficient (Wildman–Crippen LogP) is 4.32. The first kappa shape index (κ1) is 21.7. The lowest BCUT2D eigenvalue weighted by molar-refractivity contribution is -0.114. The molecule has 0 aliphatic carbocycles. The van der Waals surface area contributed by atoms with Gasteiger partial charge in [-0.05, 0) is 54.1 Å². The second-order valence-electron chi connectivity index (χ2n) is 6.59. The second kappa shape index (κ2) is 9.65. The molecule has 0 saturated heterocycles. The molecule has 6 nitrogen and oxygen atoms in total. The maximum Gasteiger partial charge on any atom is 0.245 e. The summed E-state index contributed by atoms with van der Waals surface area (Å²) in [6.07, 6.45) is 1.05. The van der Waals surface area contributed by atoms with Crippen LogP contribution in [-0.4, -0.2) is 27.1 Å². The number of benzene rings is 3. The molecule has 1 amide bonds. The molecule has 0 unspecified atom stereocenters. The van der Waals surface area contributed by atoms with Gasteiger partial charge in [-0.1, -0.05) is 41.9 Å². The molecule has 0 aliphatic heterocycles. The van der Waals surface area contributed by atoms with Crippen molar-refractivity contribution in [2.75, 3.05) is 22.4 Å². The zero-order chi connectivity index (χ0) is 21.6. The highest BCUT2D eigenvalue weighted by Gasteiger charge is 2.20. The molecule has 0 heterocycles. The van der Waals surface area contributed by atoms with Crippen LogP contribution in [0.25, 0.3) is 0 Å². The molecule has 0 saturated carbocycles. The Labute approximate surface area is 181 Å². The Morgan fingerprint density at radius 1 is 0.967 bits per heavy atom. The fourth-order valence-corrected chi connectivity index (χ4v) is 3.70. The Balaban J connectivity index is 1.61. The topological polar surface area (TPSA) is 75.7 Å². The van der Waals surface area contributed by atoms with E-state index in [0.29, 0.717) is 28.8 Å². The summed E-state index contributed by atoms with van der Waals surface area (Å²) in [4.78, 5) is 12.4. The monoisotopic (exact) mass is 444 g/mol. The van der Waals surface area contributed by atoms with E-state index < -0.39 is 15.9 Å². The van der Waals surface area contributed by atoms with Crippen molar-refractivity contribution < 1.29 is 17.9 Å². The molecule has 30 heavy (non-hydrogen) atoms. The van der Waals surface area contributed by atoms with Gasteiger partial charge in [-0.2, -0.15) is 0 Å². The number of carbonyl (C=O) groups excluding carboxylic acids is 1. The zero-order valence-corrected chi connectivity index (χ0v) is 17.9. The van der Waals surface area contributed by atoms with Crippen LogP contribution in [0, 0.1) is 0 Å². The third-order valence-electron chi connectivity index (χ3n) is 4.19. The number of nitrogens with zero attached hydrogens (tertiary/aromatic N) is 1. The summed E-state index contributed by atoms with van der Waals surface area (Å²) in [5.41, 5.74) is 1.95. The number of carbonyl (C=O) groups is 1. The van der Waals surface area contributed by atoms with Crippen LogP contribution in [0.1, 0.15) is 5.56 Å². The smallest absolute Gasteiger partial charge is 0.245 e. The van der Waals surface area contributed by atoms with Crippen molar-refractivity contribution in [2.45, 2.75) is 6.61 Å². The Morgan fingerprint density at radius 2 is 1.60 bits per heavy atom. The van der Waals surface area contributed by atoms with Crippen LogP contribution in [0.2, 0.25) is 5.02 Å². The van der Waals surface area contributed by atoms with Gasteiger partial charge in [0.1, 0.15) is 18.9 Å². The highest BCUT2D eigenvalue weighted by Crippen LogP contribution is 2.21. The Morgan fingerprint density at radius 3 is 2.20 bits per heavy atom. The van der Waals surface area contributed by atoms with Crippen LogP contribution in [-0.2, 0) is 21.4 Å². The number of hydrogen-bond acceptors (Lipinski definition) is 4. The van der Waals surface area contributed by atoms with Crippen molar-refractivity contribution in [3.05, 3.63) is 89.4 Å². The summed E-state index contributed by atoms with van der Waals surface area (Å²) < 4.78 is 31.0. The van der Waals surface area contributed by atoms with Gasteiger partial charge >= 0.3 is 0 Å². The number of rotatable bonds is 8. The van der Waals surface area contributed by atoms with Crippen molar-refractivity contribution in [1.82, 2.24) is 0 Å². The Hall–Kier alpha value is -3.03. The Bertz CT molecular complexity index is 1090. The van der Waals surface area contributed by atoms with Crippen molar-refractivity contribution in [1.29, 1.82) is 0 Å². The number of sulfonamides is 1. The Kier molecular flexibility index (Phi) is 6.97. The average Bonchev–Trinajstić information content (AvgIpc) is 2.72. The minimum absolute atomic E-state index is 0.354. The van der Waals surface area contributed by atoms with Gasteiger partial charge in [0.15, 0.2) is 0 Å². The van der Waals surface area contributed by atoms with E-state index in [1.165, 1.54) is 0 Å². The molecule has 3 aromatic carbocycles. The second-order valence-corrected chi connectivity index (χ2v) is 8.94.